The van der Waals surface area contributed by atoms with Crippen molar-refractivity contribution in [3.63, 3.8) is 0 Å². The van der Waals surface area contributed by atoms with Crippen molar-refractivity contribution < 1.29 is 23.5 Å². The number of rotatable bonds is 4. The molecule has 5 nitrogen and oxygen atoms in total. The zero-order chi connectivity index (χ0) is 15.6. The van der Waals surface area contributed by atoms with Gasteiger partial charge in [0.1, 0.15) is 0 Å². The van der Waals surface area contributed by atoms with Gasteiger partial charge in [0.15, 0.2) is 11.6 Å². The molecule has 2 rings (SSSR count). The van der Waals surface area contributed by atoms with Crippen molar-refractivity contribution in [3.05, 3.63) is 34.9 Å². The average molecular weight is 298 g/mol. The van der Waals surface area contributed by atoms with Crippen LogP contribution >= 0.6 is 0 Å². The summed E-state index contributed by atoms with van der Waals surface area (Å²) in [6, 6.07) is 1.31. The number of hydrogen-bond acceptors (Lipinski definition) is 3. The molecular weight excluding hydrogens is 282 g/mol. The molecule has 1 fully saturated rings. The van der Waals surface area contributed by atoms with Crippen molar-refractivity contribution in [1.82, 2.24) is 10.2 Å². The smallest absolute Gasteiger partial charge is 0.336 e. The van der Waals surface area contributed by atoms with Crippen molar-refractivity contribution in [3.8, 4) is 0 Å². The maximum Gasteiger partial charge on any atom is 0.336 e. The molecule has 1 aromatic rings. The number of amides is 1. The molecule has 0 spiro atoms. The molecule has 0 aliphatic carbocycles. The van der Waals surface area contributed by atoms with Crippen LogP contribution in [0.25, 0.3) is 0 Å². The summed E-state index contributed by atoms with van der Waals surface area (Å²) in [5, 5.41) is 11.6. The number of nitrogens with zero attached hydrogens (tertiary/aromatic N) is 1. The second-order valence-electron chi connectivity index (χ2n) is 5.10. The molecule has 0 aromatic heterocycles. The molecule has 1 saturated heterocycles. The zero-order valence-electron chi connectivity index (χ0n) is 11.5. The molecule has 0 bridgehead atoms. The number of carbonyl (C=O) groups excluding carboxylic acids is 1. The fourth-order valence-corrected chi connectivity index (χ4v) is 2.45. The Labute approximate surface area is 120 Å². The SMILES string of the molecule is CN1CCCC1CNC(=O)c1cc(F)c(F)cc1C(=O)O. The van der Waals surface area contributed by atoms with E-state index >= 15 is 0 Å². The molecule has 1 atom stereocenters. The zero-order valence-corrected chi connectivity index (χ0v) is 11.5. The van der Waals surface area contributed by atoms with Crippen molar-refractivity contribution in [2.24, 2.45) is 0 Å². The molecule has 1 aromatic carbocycles. The Balaban J connectivity index is 2.14. The summed E-state index contributed by atoms with van der Waals surface area (Å²) in [5.74, 6) is -4.73. The third-order valence-corrected chi connectivity index (χ3v) is 3.71. The van der Waals surface area contributed by atoms with Crippen molar-refractivity contribution >= 4 is 11.9 Å². The Kier molecular flexibility index (Phi) is 4.52. The van der Waals surface area contributed by atoms with Crippen LogP contribution < -0.4 is 5.32 Å². The fraction of sp³-hybridized carbons (Fsp3) is 0.429. The van der Waals surface area contributed by atoms with Gasteiger partial charge in [0.2, 0.25) is 0 Å². The highest BCUT2D eigenvalue weighted by Gasteiger charge is 2.24. The maximum absolute atomic E-state index is 13.2. The van der Waals surface area contributed by atoms with Crippen LogP contribution in [-0.4, -0.2) is 48.1 Å². The van der Waals surface area contributed by atoms with Gasteiger partial charge in [0.05, 0.1) is 11.1 Å². The molecule has 1 aliphatic heterocycles. The summed E-state index contributed by atoms with van der Waals surface area (Å²) >= 11 is 0. The van der Waals surface area contributed by atoms with Gasteiger partial charge in [-0.1, -0.05) is 0 Å². The lowest BCUT2D eigenvalue weighted by Gasteiger charge is -2.19. The first kappa shape index (κ1) is 15.4. The number of likely N-dealkylation sites (N-methyl/N-ethyl adjacent to an activating group) is 1. The standard InChI is InChI=1S/C14H16F2N2O3/c1-18-4-2-3-8(18)7-17-13(19)9-5-11(15)12(16)6-10(9)14(20)21/h5-6,8H,2-4,7H2,1H3,(H,17,19)(H,20,21). The van der Waals surface area contributed by atoms with E-state index in [-0.39, 0.29) is 11.6 Å². The lowest BCUT2D eigenvalue weighted by molar-refractivity contribution is 0.0690. The van der Waals surface area contributed by atoms with Gasteiger partial charge in [0.25, 0.3) is 5.91 Å². The maximum atomic E-state index is 13.2. The molecule has 0 radical (unpaired) electrons. The van der Waals surface area contributed by atoms with Crippen molar-refractivity contribution in [2.45, 2.75) is 18.9 Å². The summed E-state index contributed by atoms with van der Waals surface area (Å²) in [5.41, 5.74) is -0.923. The van der Waals surface area contributed by atoms with E-state index in [2.05, 4.69) is 10.2 Å². The third-order valence-electron chi connectivity index (χ3n) is 3.71. The molecule has 2 N–H and O–H groups in total. The van der Waals surface area contributed by atoms with Crippen LogP contribution in [0.15, 0.2) is 12.1 Å². The predicted molar refractivity (Wildman–Crippen MR) is 71.3 cm³/mol. The van der Waals surface area contributed by atoms with E-state index in [1.807, 2.05) is 7.05 Å². The number of benzene rings is 1. The van der Waals surface area contributed by atoms with Crippen molar-refractivity contribution in [1.29, 1.82) is 0 Å². The summed E-state index contributed by atoms with van der Waals surface area (Å²) < 4.78 is 26.3. The van der Waals surface area contributed by atoms with E-state index in [4.69, 9.17) is 5.11 Å². The highest BCUT2D eigenvalue weighted by molar-refractivity contribution is 6.04. The summed E-state index contributed by atoms with van der Waals surface area (Å²) in [6.07, 6.45) is 1.96. The number of carbonyl (C=O) groups is 2. The van der Waals surface area contributed by atoms with Gasteiger partial charge in [0, 0.05) is 12.6 Å². The second-order valence-corrected chi connectivity index (χ2v) is 5.10. The van der Waals surface area contributed by atoms with Gasteiger partial charge in [-0.3, -0.25) is 4.79 Å². The van der Waals surface area contributed by atoms with Crippen LogP contribution in [-0.2, 0) is 0 Å². The van der Waals surface area contributed by atoms with Gasteiger partial charge >= 0.3 is 5.97 Å². The number of carboxylic acid groups (broad SMARTS) is 1. The van der Waals surface area contributed by atoms with E-state index in [0.717, 1.165) is 19.4 Å². The first-order valence-corrected chi connectivity index (χ1v) is 6.61. The lowest BCUT2D eigenvalue weighted by atomic mass is 10.1. The average Bonchev–Trinajstić information content (AvgIpc) is 2.84. The minimum Gasteiger partial charge on any atom is -0.478 e. The van der Waals surface area contributed by atoms with E-state index < -0.39 is 29.1 Å². The number of aromatic carboxylic acids is 1. The minimum absolute atomic E-state index is 0.174. The summed E-state index contributed by atoms with van der Waals surface area (Å²) in [4.78, 5) is 25.1. The number of likely N-dealkylation sites (tertiary alicyclic amines) is 1. The fourth-order valence-electron chi connectivity index (χ4n) is 2.45. The molecule has 1 heterocycles. The summed E-state index contributed by atoms with van der Waals surface area (Å²) in [7, 11) is 1.93. The van der Waals surface area contributed by atoms with Crippen molar-refractivity contribution in [2.75, 3.05) is 20.1 Å². The Morgan fingerprint density at radius 2 is 1.95 bits per heavy atom. The molecule has 114 valence electrons. The number of halogens is 2. The monoisotopic (exact) mass is 298 g/mol. The van der Waals surface area contributed by atoms with Crippen LogP contribution in [0.5, 0.6) is 0 Å². The van der Waals surface area contributed by atoms with Crippen LogP contribution in [0.3, 0.4) is 0 Å². The molecule has 7 heteroatoms. The molecule has 1 unspecified atom stereocenters. The third kappa shape index (κ3) is 3.36. The quantitative estimate of drug-likeness (QED) is 0.883. The summed E-state index contributed by atoms with van der Waals surface area (Å²) in [6.45, 7) is 1.28. The minimum atomic E-state index is -1.47. The molecule has 1 aliphatic rings. The van der Waals surface area contributed by atoms with Crippen LogP contribution in [0.2, 0.25) is 0 Å². The van der Waals surface area contributed by atoms with Gasteiger partial charge < -0.3 is 15.3 Å². The normalized spacial score (nSPS) is 18.7. The Morgan fingerprint density at radius 3 is 2.48 bits per heavy atom. The van der Waals surface area contributed by atoms with Gasteiger partial charge in [-0.2, -0.15) is 0 Å². The first-order chi connectivity index (χ1) is 9.90. The van der Waals surface area contributed by atoms with E-state index in [0.29, 0.717) is 18.7 Å². The van der Waals surface area contributed by atoms with Crippen LogP contribution in [0, 0.1) is 11.6 Å². The highest BCUT2D eigenvalue weighted by atomic mass is 19.2. The van der Waals surface area contributed by atoms with Gasteiger partial charge in [-0.25, -0.2) is 13.6 Å². The van der Waals surface area contributed by atoms with Crippen LogP contribution in [0.4, 0.5) is 8.78 Å². The molecular formula is C14H16F2N2O3. The number of carboxylic acids is 1. The molecule has 1 amide bonds. The Morgan fingerprint density at radius 1 is 1.33 bits per heavy atom. The van der Waals surface area contributed by atoms with E-state index in [1.54, 1.807) is 0 Å². The van der Waals surface area contributed by atoms with Crippen LogP contribution in [0.1, 0.15) is 33.6 Å². The van der Waals surface area contributed by atoms with E-state index in [1.165, 1.54) is 0 Å². The molecule has 21 heavy (non-hydrogen) atoms. The lowest BCUT2D eigenvalue weighted by Crippen LogP contribution is -2.38. The Bertz CT molecular complexity index is 578. The highest BCUT2D eigenvalue weighted by Crippen LogP contribution is 2.17. The topological polar surface area (TPSA) is 69.6 Å². The van der Waals surface area contributed by atoms with Gasteiger partial charge in [-0.15, -0.1) is 0 Å². The van der Waals surface area contributed by atoms with E-state index in [9.17, 15) is 18.4 Å². The predicted octanol–water partition coefficient (Wildman–Crippen LogP) is 1.49. The van der Waals surface area contributed by atoms with Gasteiger partial charge in [-0.05, 0) is 38.6 Å². The number of hydrogen-bond donors (Lipinski definition) is 2. The largest absolute Gasteiger partial charge is 0.478 e. The number of nitrogens with one attached hydrogen (secondary N) is 1. The first-order valence-electron chi connectivity index (χ1n) is 6.61. The molecule has 0 saturated carbocycles. The second kappa shape index (κ2) is 6.17. The Hall–Kier alpha value is -2.02.